The molecule has 0 aliphatic heterocycles. The van der Waals surface area contributed by atoms with Crippen molar-refractivity contribution in [3.8, 4) is 0 Å². The summed E-state index contributed by atoms with van der Waals surface area (Å²) in [5.74, 6) is 0. The number of aromatic nitrogens is 2. The number of imidazole rings is 1. The van der Waals surface area contributed by atoms with Gasteiger partial charge in [-0.3, -0.25) is 0 Å². The van der Waals surface area contributed by atoms with Crippen molar-refractivity contribution in [1.29, 1.82) is 0 Å². The number of nitroso groups, excluding NO2 is 1. The zero-order valence-electron chi connectivity index (χ0n) is 5.06. The first-order valence-corrected chi connectivity index (χ1v) is 2.64. The third-order valence-corrected chi connectivity index (χ3v) is 1.11. The molecular formula is C5H7N3O. The number of rotatable bonds is 2. The average molecular weight is 125 g/mol. The van der Waals surface area contributed by atoms with Crippen molar-refractivity contribution < 1.29 is 0 Å². The molecule has 0 bridgehead atoms. The second-order valence-electron chi connectivity index (χ2n) is 1.75. The summed E-state index contributed by atoms with van der Waals surface area (Å²) in [5, 5.41) is 2.80. The number of hydrogen-bond donors (Lipinski definition) is 0. The van der Waals surface area contributed by atoms with E-state index in [1.807, 2.05) is 0 Å². The van der Waals surface area contributed by atoms with Crippen LogP contribution in [-0.2, 0) is 0 Å². The van der Waals surface area contributed by atoms with Gasteiger partial charge in [-0.15, -0.1) is 4.91 Å². The molecule has 0 N–H and O–H groups in total. The van der Waals surface area contributed by atoms with Crippen LogP contribution in [0.4, 0.5) is 0 Å². The van der Waals surface area contributed by atoms with E-state index in [4.69, 9.17) is 0 Å². The molecule has 1 atom stereocenters. The second-order valence-corrected chi connectivity index (χ2v) is 1.75. The zero-order valence-corrected chi connectivity index (χ0v) is 5.06. The Balaban J connectivity index is 2.76. The van der Waals surface area contributed by atoms with Crippen molar-refractivity contribution in [3.63, 3.8) is 0 Å². The van der Waals surface area contributed by atoms with Gasteiger partial charge >= 0.3 is 0 Å². The fraction of sp³-hybridized carbons (Fsp3) is 0.400. The first-order chi connectivity index (χ1) is 4.34. The van der Waals surface area contributed by atoms with Crippen LogP contribution in [0.15, 0.2) is 23.9 Å². The van der Waals surface area contributed by atoms with Crippen LogP contribution in [0.3, 0.4) is 0 Å². The van der Waals surface area contributed by atoms with Gasteiger partial charge in [-0.25, -0.2) is 4.98 Å². The lowest BCUT2D eigenvalue weighted by atomic mass is 10.6. The second kappa shape index (κ2) is 2.39. The molecule has 0 saturated carbocycles. The van der Waals surface area contributed by atoms with E-state index in [1.54, 1.807) is 30.2 Å². The van der Waals surface area contributed by atoms with Crippen LogP contribution < -0.4 is 0 Å². The van der Waals surface area contributed by atoms with E-state index in [0.29, 0.717) is 0 Å². The van der Waals surface area contributed by atoms with Crippen LogP contribution in [0.1, 0.15) is 13.1 Å². The van der Waals surface area contributed by atoms with Gasteiger partial charge in [0.05, 0.1) is 6.33 Å². The summed E-state index contributed by atoms with van der Waals surface area (Å²) in [6, 6.07) is 0. The van der Waals surface area contributed by atoms with E-state index in [-0.39, 0.29) is 6.17 Å². The number of hydrogen-bond acceptors (Lipinski definition) is 3. The highest BCUT2D eigenvalue weighted by molar-refractivity contribution is 4.77. The highest BCUT2D eigenvalue weighted by Gasteiger charge is 1.98. The van der Waals surface area contributed by atoms with Crippen LogP contribution in [-0.4, -0.2) is 9.55 Å². The predicted molar refractivity (Wildman–Crippen MR) is 32.7 cm³/mol. The van der Waals surface area contributed by atoms with Crippen molar-refractivity contribution >= 4 is 0 Å². The Morgan fingerprint density at radius 1 is 1.78 bits per heavy atom. The van der Waals surface area contributed by atoms with E-state index < -0.39 is 0 Å². The highest BCUT2D eigenvalue weighted by Crippen LogP contribution is 2.03. The molecule has 0 amide bonds. The topological polar surface area (TPSA) is 47.2 Å². The van der Waals surface area contributed by atoms with Gasteiger partial charge in [0.1, 0.15) is 0 Å². The predicted octanol–water partition coefficient (Wildman–Crippen LogP) is 1.17. The smallest absolute Gasteiger partial charge is 0.165 e. The van der Waals surface area contributed by atoms with Crippen LogP contribution >= 0.6 is 0 Å². The van der Waals surface area contributed by atoms with Crippen LogP contribution in [0.2, 0.25) is 0 Å². The summed E-state index contributed by atoms with van der Waals surface area (Å²) in [7, 11) is 0. The van der Waals surface area contributed by atoms with Gasteiger partial charge < -0.3 is 4.57 Å². The van der Waals surface area contributed by atoms with Gasteiger partial charge in [0.15, 0.2) is 6.17 Å². The molecule has 0 aromatic carbocycles. The first-order valence-electron chi connectivity index (χ1n) is 2.64. The molecule has 9 heavy (non-hydrogen) atoms. The summed E-state index contributed by atoms with van der Waals surface area (Å²) >= 11 is 0. The fourth-order valence-corrected chi connectivity index (χ4v) is 0.545. The molecule has 4 nitrogen and oxygen atoms in total. The lowest BCUT2D eigenvalue weighted by Crippen LogP contribution is -1.96. The van der Waals surface area contributed by atoms with E-state index >= 15 is 0 Å². The van der Waals surface area contributed by atoms with Gasteiger partial charge in [0, 0.05) is 12.4 Å². The standard InChI is InChI=1S/C5H7N3O/c1-5(7-9)8-3-2-6-4-8/h2-5H,1H3. The summed E-state index contributed by atoms with van der Waals surface area (Å²) < 4.78 is 1.63. The van der Waals surface area contributed by atoms with E-state index in [1.165, 1.54) is 0 Å². The van der Waals surface area contributed by atoms with Crippen LogP contribution in [0, 0.1) is 4.91 Å². The Labute approximate surface area is 52.5 Å². The van der Waals surface area contributed by atoms with E-state index in [9.17, 15) is 4.91 Å². The third-order valence-electron chi connectivity index (χ3n) is 1.11. The van der Waals surface area contributed by atoms with Gasteiger partial charge in [0.2, 0.25) is 0 Å². The molecule has 48 valence electrons. The quantitative estimate of drug-likeness (QED) is 0.557. The highest BCUT2D eigenvalue weighted by atomic mass is 16.3. The Bertz CT molecular complexity index is 182. The Kier molecular flexibility index (Phi) is 1.58. The summed E-state index contributed by atoms with van der Waals surface area (Å²) in [4.78, 5) is 13.7. The van der Waals surface area contributed by atoms with Crippen molar-refractivity contribution in [2.75, 3.05) is 0 Å². The maximum absolute atomic E-state index is 9.90. The molecule has 0 aliphatic rings. The minimum absolute atomic E-state index is 0.340. The minimum Gasteiger partial charge on any atom is -0.312 e. The van der Waals surface area contributed by atoms with E-state index in [0.717, 1.165) is 0 Å². The van der Waals surface area contributed by atoms with Crippen molar-refractivity contribution in [3.05, 3.63) is 23.6 Å². The zero-order chi connectivity index (χ0) is 6.69. The molecule has 0 aliphatic carbocycles. The molecule has 0 saturated heterocycles. The Morgan fingerprint density at radius 2 is 2.56 bits per heavy atom. The lowest BCUT2D eigenvalue weighted by molar-refractivity contribution is 0.569. The summed E-state index contributed by atoms with van der Waals surface area (Å²) in [6.45, 7) is 1.70. The third kappa shape index (κ3) is 1.13. The lowest BCUT2D eigenvalue weighted by Gasteiger charge is -1.99. The summed E-state index contributed by atoms with van der Waals surface area (Å²) in [5.41, 5.74) is 0. The van der Waals surface area contributed by atoms with Crippen LogP contribution in [0.5, 0.6) is 0 Å². The molecule has 0 spiro atoms. The fourth-order valence-electron chi connectivity index (χ4n) is 0.545. The van der Waals surface area contributed by atoms with Crippen molar-refractivity contribution in [2.24, 2.45) is 5.18 Å². The molecule has 1 rings (SSSR count). The maximum atomic E-state index is 9.90. The molecular weight excluding hydrogens is 118 g/mol. The Morgan fingerprint density at radius 3 is 3.00 bits per heavy atom. The molecule has 1 aromatic heterocycles. The van der Waals surface area contributed by atoms with Crippen molar-refractivity contribution in [2.45, 2.75) is 13.1 Å². The van der Waals surface area contributed by atoms with Gasteiger partial charge in [-0.05, 0) is 12.1 Å². The Hall–Kier alpha value is -1.19. The largest absolute Gasteiger partial charge is 0.312 e. The van der Waals surface area contributed by atoms with Crippen LogP contribution in [0.25, 0.3) is 0 Å². The van der Waals surface area contributed by atoms with E-state index in [2.05, 4.69) is 10.2 Å². The molecule has 1 unspecified atom stereocenters. The summed E-state index contributed by atoms with van der Waals surface area (Å²) in [6.07, 6.45) is 4.53. The number of nitrogens with zero attached hydrogens (tertiary/aromatic N) is 3. The molecule has 0 radical (unpaired) electrons. The first kappa shape index (κ1) is 5.94. The van der Waals surface area contributed by atoms with Gasteiger partial charge in [-0.1, -0.05) is 0 Å². The monoisotopic (exact) mass is 125 g/mol. The maximum Gasteiger partial charge on any atom is 0.165 e. The molecule has 1 heterocycles. The van der Waals surface area contributed by atoms with Gasteiger partial charge in [0.25, 0.3) is 0 Å². The minimum atomic E-state index is -0.340. The molecule has 1 aromatic rings. The average Bonchev–Trinajstić information content (AvgIpc) is 2.37. The normalized spacial score (nSPS) is 13.0. The molecule has 4 heteroatoms. The van der Waals surface area contributed by atoms with Gasteiger partial charge in [-0.2, -0.15) is 0 Å². The SMILES string of the molecule is CC(N=O)n1ccnc1. The molecule has 0 fully saturated rings. The van der Waals surface area contributed by atoms with Crippen molar-refractivity contribution in [1.82, 2.24) is 9.55 Å².